The van der Waals surface area contributed by atoms with Crippen LogP contribution in [0.4, 0.5) is 11.4 Å². The van der Waals surface area contributed by atoms with Crippen molar-refractivity contribution in [1.82, 2.24) is 4.90 Å². The van der Waals surface area contributed by atoms with Crippen molar-refractivity contribution < 1.29 is 19.1 Å². The van der Waals surface area contributed by atoms with E-state index in [-0.39, 0.29) is 0 Å². The second-order valence-electron chi connectivity index (χ2n) is 7.63. The zero-order valence-corrected chi connectivity index (χ0v) is 16.7. The zero-order valence-electron chi connectivity index (χ0n) is 16.7. The molecule has 1 fully saturated rings. The lowest BCUT2D eigenvalue weighted by Gasteiger charge is -2.33. The normalized spacial score (nSPS) is 21.7. The Morgan fingerprint density at radius 2 is 2.00 bits per heavy atom. The minimum absolute atomic E-state index is 0.480. The molecule has 1 unspecified atom stereocenters. The fraction of sp³-hybridized carbons (Fsp3) is 0.364. The maximum atomic E-state index is 13.0. The molecule has 0 aliphatic carbocycles. The highest BCUT2D eigenvalue weighted by atomic mass is 16.5. The Morgan fingerprint density at radius 1 is 1.21 bits per heavy atom. The van der Waals surface area contributed by atoms with Crippen LogP contribution in [0.1, 0.15) is 18.1 Å². The van der Waals surface area contributed by atoms with Crippen LogP contribution in [-0.4, -0.2) is 48.6 Å². The molecule has 2 aliphatic heterocycles. The molecule has 1 atom stereocenters. The molecule has 7 nitrogen and oxygen atoms in total. The van der Waals surface area contributed by atoms with Crippen LogP contribution < -0.4 is 15.4 Å². The van der Waals surface area contributed by atoms with E-state index >= 15 is 0 Å². The summed E-state index contributed by atoms with van der Waals surface area (Å²) >= 11 is 0. The van der Waals surface area contributed by atoms with Gasteiger partial charge in [-0.3, -0.25) is 14.5 Å². The van der Waals surface area contributed by atoms with E-state index in [2.05, 4.69) is 15.5 Å². The molecule has 2 N–H and O–H groups in total. The van der Waals surface area contributed by atoms with Crippen molar-refractivity contribution in [2.24, 2.45) is 0 Å². The Labute approximate surface area is 170 Å². The highest BCUT2D eigenvalue weighted by molar-refractivity contribution is 6.19. The molecule has 0 saturated carbocycles. The summed E-state index contributed by atoms with van der Waals surface area (Å²) in [4.78, 5) is 27.9. The van der Waals surface area contributed by atoms with Gasteiger partial charge >= 0.3 is 0 Å². The number of hydrogen-bond donors (Lipinski definition) is 2. The average molecular weight is 395 g/mol. The summed E-state index contributed by atoms with van der Waals surface area (Å²) in [6.45, 7) is 7.45. The molecule has 2 amide bonds. The largest absolute Gasteiger partial charge is 0.466 e. The van der Waals surface area contributed by atoms with Crippen LogP contribution in [0.25, 0.3) is 0 Å². The molecule has 0 spiro atoms. The van der Waals surface area contributed by atoms with Gasteiger partial charge in [0.1, 0.15) is 5.75 Å². The fourth-order valence-corrected chi connectivity index (χ4v) is 3.50. The molecular formula is C22H25N3O4. The number of hydrogen-bond acceptors (Lipinski definition) is 5. The van der Waals surface area contributed by atoms with Crippen LogP contribution in [0.15, 0.2) is 42.5 Å². The summed E-state index contributed by atoms with van der Waals surface area (Å²) in [5.74, 6) is -0.517. The molecule has 2 aromatic rings. The first-order chi connectivity index (χ1) is 13.9. The number of nitrogens with zero attached hydrogens (tertiary/aromatic N) is 1. The van der Waals surface area contributed by atoms with Crippen LogP contribution >= 0.6 is 0 Å². The smallest absolute Gasteiger partial charge is 0.278 e. The summed E-state index contributed by atoms with van der Waals surface area (Å²) in [5.41, 5.74) is 1.64. The molecule has 0 radical (unpaired) electrons. The van der Waals surface area contributed by atoms with Gasteiger partial charge in [0.05, 0.1) is 18.9 Å². The molecule has 29 heavy (non-hydrogen) atoms. The molecule has 152 valence electrons. The average Bonchev–Trinajstić information content (AvgIpc) is 2.70. The van der Waals surface area contributed by atoms with Crippen LogP contribution in [0.2, 0.25) is 0 Å². The highest BCUT2D eigenvalue weighted by Gasteiger charge is 2.47. The Balaban J connectivity index is 1.48. The second-order valence-corrected chi connectivity index (χ2v) is 7.63. The van der Waals surface area contributed by atoms with Gasteiger partial charge in [0, 0.05) is 25.3 Å². The molecule has 1 saturated heterocycles. The van der Waals surface area contributed by atoms with E-state index in [0.717, 1.165) is 44.0 Å². The number of aryl methyl sites for hydroxylation is 1. The topological polar surface area (TPSA) is 79.9 Å². The first kappa shape index (κ1) is 19.4. The molecule has 4 rings (SSSR count). The lowest BCUT2D eigenvalue weighted by atomic mass is 10.0. The molecule has 7 heteroatoms. The third-order valence-corrected chi connectivity index (χ3v) is 5.26. The van der Waals surface area contributed by atoms with Gasteiger partial charge in [0.25, 0.3) is 17.4 Å². The predicted molar refractivity (Wildman–Crippen MR) is 110 cm³/mol. The maximum absolute atomic E-state index is 13.0. The number of amides is 2. The monoisotopic (exact) mass is 395 g/mol. The first-order valence-corrected chi connectivity index (χ1v) is 9.76. The Hall–Kier alpha value is -2.90. The molecule has 0 bridgehead atoms. The molecular weight excluding hydrogens is 370 g/mol. The second kappa shape index (κ2) is 7.85. The zero-order chi connectivity index (χ0) is 20.4. The van der Waals surface area contributed by atoms with Crippen LogP contribution in [0.3, 0.4) is 0 Å². The minimum Gasteiger partial charge on any atom is -0.466 e. The van der Waals surface area contributed by atoms with Gasteiger partial charge in [-0.1, -0.05) is 18.2 Å². The summed E-state index contributed by atoms with van der Waals surface area (Å²) < 4.78 is 11.2. The predicted octanol–water partition coefficient (Wildman–Crippen LogP) is 2.56. The number of rotatable bonds is 4. The number of carbonyl (C=O) groups is 2. The fourth-order valence-electron chi connectivity index (χ4n) is 3.50. The molecule has 0 aromatic heterocycles. The summed E-state index contributed by atoms with van der Waals surface area (Å²) in [6.07, 6.45) is 0. The van der Waals surface area contributed by atoms with Crippen molar-refractivity contribution in [3.05, 3.63) is 53.6 Å². The SMILES string of the molecule is Cc1ccc2c(c1)NC(=O)C(C)(C(=O)Nc1cccc(CN3CCOCC3)c1)O2. The summed E-state index contributed by atoms with van der Waals surface area (Å²) in [7, 11) is 0. The minimum atomic E-state index is -1.65. The van der Waals surface area contributed by atoms with E-state index in [9.17, 15) is 9.59 Å². The van der Waals surface area contributed by atoms with Gasteiger partial charge in [0.2, 0.25) is 0 Å². The van der Waals surface area contributed by atoms with Gasteiger partial charge in [0.15, 0.2) is 0 Å². The number of ether oxygens (including phenoxy) is 2. The summed E-state index contributed by atoms with van der Waals surface area (Å²) in [5, 5.41) is 5.61. The number of fused-ring (bicyclic) bond motifs is 1. The van der Waals surface area contributed by atoms with Gasteiger partial charge < -0.3 is 20.1 Å². The van der Waals surface area contributed by atoms with E-state index in [1.54, 1.807) is 6.07 Å². The van der Waals surface area contributed by atoms with Crippen LogP contribution in [-0.2, 0) is 20.9 Å². The third kappa shape index (κ3) is 4.11. The number of anilines is 2. The number of carbonyl (C=O) groups excluding carboxylic acids is 2. The lowest BCUT2D eigenvalue weighted by Crippen LogP contribution is -2.56. The first-order valence-electron chi connectivity index (χ1n) is 9.76. The van der Waals surface area contributed by atoms with Gasteiger partial charge in [-0.25, -0.2) is 0 Å². The standard InChI is InChI=1S/C22H25N3O4/c1-15-6-7-19-18(12-15)24-21(27)22(2,29-19)20(26)23-17-5-3-4-16(13-17)14-25-8-10-28-11-9-25/h3-7,12-13H,8-11,14H2,1-2H3,(H,23,26)(H,24,27). The summed E-state index contributed by atoms with van der Waals surface area (Å²) in [6, 6.07) is 13.1. The molecule has 2 aromatic carbocycles. The van der Waals surface area contributed by atoms with Crippen LogP contribution in [0, 0.1) is 6.92 Å². The van der Waals surface area contributed by atoms with E-state index < -0.39 is 17.4 Å². The van der Waals surface area contributed by atoms with Crippen molar-refractivity contribution >= 4 is 23.2 Å². The highest BCUT2D eigenvalue weighted by Crippen LogP contribution is 2.34. The van der Waals surface area contributed by atoms with E-state index in [4.69, 9.17) is 9.47 Å². The maximum Gasteiger partial charge on any atom is 0.278 e. The van der Waals surface area contributed by atoms with Gasteiger partial charge in [-0.05, 0) is 49.2 Å². The quantitative estimate of drug-likeness (QED) is 0.778. The van der Waals surface area contributed by atoms with Gasteiger partial charge in [-0.15, -0.1) is 0 Å². The Bertz CT molecular complexity index is 939. The van der Waals surface area contributed by atoms with Crippen molar-refractivity contribution in [3.63, 3.8) is 0 Å². The van der Waals surface area contributed by atoms with Crippen LogP contribution in [0.5, 0.6) is 5.75 Å². The Kier molecular flexibility index (Phi) is 5.25. The number of nitrogens with one attached hydrogen (secondary N) is 2. The number of benzene rings is 2. The molecule has 2 aliphatic rings. The van der Waals surface area contributed by atoms with Crippen molar-refractivity contribution in [3.8, 4) is 5.75 Å². The molecule has 2 heterocycles. The Morgan fingerprint density at radius 3 is 2.79 bits per heavy atom. The van der Waals surface area contributed by atoms with E-state index in [1.807, 2.05) is 43.3 Å². The van der Waals surface area contributed by atoms with Crippen molar-refractivity contribution in [2.75, 3.05) is 36.9 Å². The van der Waals surface area contributed by atoms with E-state index in [0.29, 0.717) is 17.1 Å². The van der Waals surface area contributed by atoms with Gasteiger partial charge in [-0.2, -0.15) is 0 Å². The van der Waals surface area contributed by atoms with Crippen molar-refractivity contribution in [1.29, 1.82) is 0 Å². The lowest BCUT2D eigenvalue weighted by molar-refractivity contribution is -0.143. The third-order valence-electron chi connectivity index (χ3n) is 5.26. The van der Waals surface area contributed by atoms with E-state index in [1.165, 1.54) is 6.92 Å². The number of morpholine rings is 1. The van der Waals surface area contributed by atoms with Crippen molar-refractivity contribution in [2.45, 2.75) is 26.0 Å².